The first kappa shape index (κ1) is 7.16. The van der Waals surface area contributed by atoms with Gasteiger partial charge in [-0.15, -0.1) is 0 Å². The van der Waals surface area contributed by atoms with E-state index >= 15 is 0 Å². The maximum atomic E-state index is 11.0. The molecule has 3 heteroatoms. The van der Waals surface area contributed by atoms with Crippen LogP contribution in [0.2, 0.25) is 0 Å². The molecule has 0 bridgehead atoms. The fourth-order valence-electron chi connectivity index (χ4n) is 1.26. The maximum absolute atomic E-state index is 11.0. The molecule has 1 aliphatic heterocycles. The van der Waals surface area contributed by atoms with Crippen LogP contribution < -0.4 is 5.32 Å². The number of allylic oxidation sites excluding steroid dienone is 1. The first-order chi connectivity index (χ1) is 5.86. The molecule has 0 radical (unpaired) electrons. The van der Waals surface area contributed by atoms with E-state index in [1.165, 1.54) is 0 Å². The van der Waals surface area contributed by atoms with E-state index in [1.807, 2.05) is 12.1 Å². The van der Waals surface area contributed by atoms with Crippen molar-refractivity contribution in [3.05, 3.63) is 36.4 Å². The number of ketones is 1. The molecule has 2 heterocycles. The van der Waals surface area contributed by atoms with E-state index in [9.17, 15) is 4.79 Å². The Morgan fingerprint density at radius 3 is 3.17 bits per heavy atom. The number of carbonyl (C=O) groups excluding carboxylic acids is 1. The van der Waals surface area contributed by atoms with Gasteiger partial charge in [-0.1, -0.05) is 0 Å². The van der Waals surface area contributed by atoms with Gasteiger partial charge in [0.15, 0.2) is 5.78 Å². The second-order valence-electron chi connectivity index (χ2n) is 2.74. The van der Waals surface area contributed by atoms with Crippen LogP contribution >= 0.6 is 0 Å². The van der Waals surface area contributed by atoms with E-state index in [0.717, 1.165) is 5.76 Å². The lowest BCUT2D eigenvalue weighted by Gasteiger charge is -2.16. The van der Waals surface area contributed by atoms with Crippen LogP contribution in [0.25, 0.3) is 0 Å². The summed E-state index contributed by atoms with van der Waals surface area (Å²) in [6.07, 6.45) is 5.29. The zero-order valence-electron chi connectivity index (χ0n) is 6.49. The highest BCUT2D eigenvalue weighted by Gasteiger charge is 2.18. The summed E-state index contributed by atoms with van der Waals surface area (Å²) < 4.78 is 5.17. The van der Waals surface area contributed by atoms with Crippen LogP contribution in [0, 0.1) is 0 Å². The molecule has 0 saturated heterocycles. The Morgan fingerprint density at radius 2 is 2.50 bits per heavy atom. The summed E-state index contributed by atoms with van der Waals surface area (Å²) in [7, 11) is 0. The fraction of sp³-hybridized carbons (Fsp3) is 0.222. The first-order valence-corrected chi connectivity index (χ1v) is 3.85. The van der Waals surface area contributed by atoms with Gasteiger partial charge in [0.05, 0.1) is 12.3 Å². The van der Waals surface area contributed by atoms with Gasteiger partial charge in [-0.2, -0.15) is 0 Å². The zero-order valence-corrected chi connectivity index (χ0v) is 6.49. The summed E-state index contributed by atoms with van der Waals surface area (Å²) >= 11 is 0. The molecule has 1 aromatic heterocycles. The van der Waals surface area contributed by atoms with Crippen molar-refractivity contribution in [3.8, 4) is 0 Å². The molecule has 0 unspecified atom stereocenters. The van der Waals surface area contributed by atoms with E-state index in [2.05, 4.69) is 5.32 Å². The molecule has 12 heavy (non-hydrogen) atoms. The van der Waals surface area contributed by atoms with Gasteiger partial charge < -0.3 is 9.73 Å². The van der Waals surface area contributed by atoms with Gasteiger partial charge in [0.1, 0.15) is 5.76 Å². The Labute approximate surface area is 70.1 Å². The van der Waals surface area contributed by atoms with Gasteiger partial charge in [-0.05, 0) is 18.2 Å². The quantitative estimate of drug-likeness (QED) is 0.680. The molecule has 0 fully saturated rings. The number of carbonyl (C=O) groups is 1. The summed E-state index contributed by atoms with van der Waals surface area (Å²) in [5, 5.41) is 3.06. The second-order valence-corrected chi connectivity index (χ2v) is 2.74. The van der Waals surface area contributed by atoms with Gasteiger partial charge in [0, 0.05) is 12.6 Å². The third kappa shape index (κ3) is 1.25. The van der Waals surface area contributed by atoms with Crippen LogP contribution in [-0.4, -0.2) is 5.78 Å². The van der Waals surface area contributed by atoms with Crippen LogP contribution in [0.4, 0.5) is 0 Å². The molecular formula is C9H9NO2. The molecular weight excluding hydrogens is 154 g/mol. The Balaban J connectivity index is 2.17. The van der Waals surface area contributed by atoms with Crippen molar-refractivity contribution in [2.24, 2.45) is 0 Å². The van der Waals surface area contributed by atoms with Crippen LogP contribution in [0.1, 0.15) is 18.2 Å². The summed E-state index contributed by atoms with van der Waals surface area (Å²) in [5.74, 6) is 0.947. The SMILES string of the molecule is O=C1C=CN[C@H](c2ccco2)C1. The van der Waals surface area contributed by atoms with E-state index in [-0.39, 0.29) is 11.8 Å². The Bertz CT molecular complexity index is 300. The molecule has 62 valence electrons. The number of hydrogen-bond donors (Lipinski definition) is 1. The van der Waals surface area contributed by atoms with Crippen LogP contribution in [0.15, 0.2) is 35.1 Å². The van der Waals surface area contributed by atoms with Gasteiger partial charge in [-0.3, -0.25) is 4.79 Å². The third-order valence-corrected chi connectivity index (χ3v) is 1.86. The van der Waals surface area contributed by atoms with Crippen LogP contribution in [0.3, 0.4) is 0 Å². The predicted molar refractivity (Wildman–Crippen MR) is 43.3 cm³/mol. The minimum Gasteiger partial charge on any atom is -0.467 e. The zero-order chi connectivity index (χ0) is 8.39. The van der Waals surface area contributed by atoms with Crippen LogP contribution in [0.5, 0.6) is 0 Å². The lowest BCUT2D eigenvalue weighted by molar-refractivity contribution is -0.115. The molecule has 1 atom stereocenters. The van der Waals surface area contributed by atoms with Crippen molar-refractivity contribution in [2.75, 3.05) is 0 Å². The normalized spacial score (nSPS) is 22.3. The highest BCUT2D eigenvalue weighted by molar-refractivity contribution is 5.90. The van der Waals surface area contributed by atoms with Crippen molar-refractivity contribution in [1.29, 1.82) is 0 Å². The highest BCUT2D eigenvalue weighted by atomic mass is 16.3. The van der Waals surface area contributed by atoms with Gasteiger partial charge in [-0.25, -0.2) is 0 Å². The first-order valence-electron chi connectivity index (χ1n) is 3.85. The van der Waals surface area contributed by atoms with Crippen molar-refractivity contribution in [1.82, 2.24) is 5.32 Å². The lowest BCUT2D eigenvalue weighted by Crippen LogP contribution is -2.22. The Kier molecular flexibility index (Phi) is 1.70. The molecule has 1 aliphatic rings. The van der Waals surface area contributed by atoms with Crippen molar-refractivity contribution < 1.29 is 9.21 Å². The summed E-state index contributed by atoms with van der Waals surface area (Å²) in [6, 6.07) is 3.70. The molecule has 1 N–H and O–H groups in total. The van der Waals surface area contributed by atoms with E-state index in [0.29, 0.717) is 6.42 Å². The Morgan fingerprint density at radius 1 is 1.58 bits per heavy atom. The molecule has 1 aromatic rings. The lowest BCUT2D eigenvalue weighted by atomic mass is 10.1. The molecule has 3 nitrogen and oxygen atoms in total. The predicted octanol–water partition coefficient (Wildman–Crippen LogP) is 1.40. The van der Waals surface area contributed by atoms with Crippen molar-refractivity contribution >= 4 is 5.78 Å². The molecule has 0 aliphatic carbocycles. The van der Waals surface area contributed by atoms with Crippen LogP contribution in [-0.2, 0) is 4.79 Å². The molecule has 0 amide bonds. The van der Waals surface area contributed by atoms with Gasteiger partial charge >= 0.3 is 0 Å². The van der Waals surface area contributed by atoms with Gasteiger partial charge in [0.25, 0.3) is 0 Å². The summed E-state index contributed by atoms with van der Waals surface area (Å²) in [4.78, 5) is 11.0. The smallest absolute Gasteiger partial charge is 0.159 e. The largest absolute Gasteiger partial charge is 0.467 e. The van der Waals surface area contributed by atoms with E-state index in [1.54, 1.807) is 18.5 Å². The monoisotopic (exact) mass is 163 g/mol. The topological polar surface area (TPSA) is 42.2 Å². The molecule has 0 saturated carbocycles. The standard InChI is InChI=1S/C9H9NO2/c11-7-3-4-10-8(6-7)9-2-1-5-12-9/h1-5,8,10H,6H2/t8-/m0/s1. The van der Waals surface area contributed by atoms with Crippen molar-refractivity contribution in [3.63, 3.8) is 0 Å². The number of furan rings is 1. The summed E-state index contributed by atoms with van der Waals surface area (Å²) in [5.41, 5.74) is 0. The van der Waals surface area contributed by atoms with Crippen molar-refractivity contribution in [2.45, 2.75) is 12.5 Å². The summed E-state index contributed by atoms with van der Waals surface area (Å²) in [6.45, 7) is 0. The van der Waals surface area contributed by atoms with E-state index < -0.39 is 0 Å². The Hall–Kier alpha value is -1.51. The van der Waals surface area contributed by atoms with E-state index in [4.69, 9.17) is 4.42 Å². The van der Waals surface area contributed by atoms with Gasteiger partial charge in [0.2, 0.25) is 0 Å². The molecule has 2 rings (SSSR count). The maximum Gasteiger partial charge on any atom is 0.159 e. The average Bonchev–Trinajstić information content (AvgIpc) is 2.56. The number of nitrogens with one attached hydrogen (secondary N) is 1. The molecule has 0 spiro atoms. The minimum absolute atomic E-state index is 0.0116. The second kappa shape index (κ2) is 2.85. The minimum atomic E-state index is 0.0116. The average molecular weight is 163 g/mol. The number of hydrogen-bond acceptors (Lipinski definition) is 3. The molecule has 0 aromatic carbocycles. The third-order valence-electron chi connectivity index (χ3n) is 1.86. The highest BCUT2D eigenvalue weighted by Crippen LogP contribution is 2.19. The number of rotatable bonds is 1. The fourth-order valence-corrected chi connectivity index (χ4v) is 1.26.